The number of amides is 2. The highest BCUT2D eigenvalue weighted by molar-refractivity contribution is 5.97. The highest BCUT2D eigenvalue weighted by atomic mass is 16.7. The smallest absolute Gasteiger partial charge is 0.271 e. The molecule has 1 aromatic carbocycles. The minimum Gasteiger partial charge on any atom is -0.508 e. The quantitative estimate of drug-likeness (QED) is 0.324. The van der Waals surface area contributed by atoms with Gasteiger partial charge in [-0.1, -0.05) is 19.0 Å². The molecule has 194 valence electrons. The molecule has 7 N–H and O–H groups in total. The van der Waals surface area contributed by atoms with Gasteiger partial charge < -0.3 is 35.8 Å². The van der Waals surface area contributed by atoms with Crippen LogP contribution in [0.1, 0.15) is 52.7 Å². The van der Waals surface area contributed by atoms with Crippen molar-refractivity contribution in [2.75, 3.05) is 32.8 Å². The van der Waals surface area contributed by atoms with Crippen LogP contribution in [0.25, 0.3) is 5.76 Å². The second kappa shape index (κ2) is 10.2. The number of aryl methyl sites for hydroxylation is 2. The Morgan fingerprint density at radius 2 is 1.89 bits per heavy atom. The van der Waals surface area contributed by atoms with Gasteiger partial charge in [0.05, 0.1) is 18.8 Å². The van der Waals surface area contributed by atoms with Crippen molar-refractivity contribution < 1.29 is 33.9 Å². The first-order valence-corrected chi connectivity index (χ1v) is 11.7. The molecule has 3 heterocycles. The Balaban J connectivity index is 1.64. The van der Waals surface area contributed by atoms with Gasteiger partial charge in [0, 0.05) is 32.1 Å². The third-order valence-corrected chi connectivity index (χ3v) is 6.45. The predicted octanol–water partition coefficient (Wildman–Crippen LogP) is 0.525. The summed E-state index contributed by atoms with van der Waals surface area (Å²) in [7, 11) is 0. The minimum atomic E-state index is -1.35. The molecule has 0 saturated carbocycles. The van der Waals surface area contributed by atoms with Crippen molar-refractivity contribution in [3.05, 3.63) is 46.4 Å². The summed E-state index contributed by atoms with van der Waals surface area (Å²) in [5.41, 5.74) is 14.0. The number of rotatable bonds is 9. The van der Waals surface area contributed by atoms with Gasteiger partial charge in [-0.3, -0.25) is 14.5 Å². The molecule has 4 rings (SSSR count). The third kappa shape index (κ3) is 5.01. The summed E-state index contributed by atoms with van der Waals surface area (Å²) in [4.78, 5) is 32.3. The maximum absolute atomic E-state index is 12.5. The summed E-state index contributed by atoms with van der Waals surface area (Å²) in [5, 5.41) is 24.3. The standard InChI is InChI=1S/C24H31N5O7/c1-13(2)15-9-14(16(30)10-17(15)31)3-4-18-20(21(22(25)32)27-35-18)19-11-24(23(26)33,28-36-19)12-29-5-7-34-8-6-29/h9-11,13,28,30-31H,3-8,12H2,1-2H3,(H2,25,32)(H2,26,33). The number of phenolic OH excluding ortho intramolecular Hbond substituents is 2. The summed E-state index contributed by atoms with van der Waals surface area (Å²) < 4.78 is 10.8. The summed E-state index contributed by atoms with van der Waals surface area (Å²) in [5.74, 6) is -1.07. The molecular formula is C24H31N5O7. The first-order valence-electron chi connectivity index (χ1n) is 11.7. The van der Waals surface area contributed by atoms with Gasteiger partial charge in [0.2, 0.25) is 5.91 Å². The van der Waals surface area contributed by atoms with Crippen molar-refractivity contribution in [3.63, 3.8) is 0 Å². The van der Waals surface area contributed by atoms with E-state index in [1.54, 1.807) is 6.07 Å². The number of hydroxylamine groups is 1. The number of aromatic hydroxyl groups is 2. The first kappa shape index (κ1) is 25.5. The fourth-order valence-electron chi connectivity index (χ4n) is 4.41. The van der Waals surface area contributed by atoms with Gasteiger partial charge in [-0.25, -0.2) is 0 Å². The molecule has 1 aromatic heterocycles. The zero-order chi connectivity index (χ0) is 26.0. The molecule has 0 aliphatic carbocycles. The number of primary amides is 2. The third-order valence-electron chi connectivity index (χ3n) is 6.45. The molecule has 12 heteroatoms. The number of morpholine rings is 1. The zero-order valence-electron chi connectivity index (χ0n) is 20.2. The van der Waals surface area contributed by atoms with Crippen LogP contribution < -0.4 is 16.9 Å². The van der Waals surface area contributed by atoms with Crippen molar-refractivity contribution in [2.24, 2.45) is 11.5 Å². The second-order valence-corrected chi connectivity index (χ2v) is 9.32. The fraction of sp³-hybridized carbons (Fsp3) is 0.458. The van der Waals surface area contributed by atoms with Gasteiger partial charge in [0.1, 0.15) is 17.3 Å². The van der Waals surface area contributed by atoms with Crippen LogP contribution in [0, 0.1) is 0 Å². The van der Waals surface area contributed by atoms with E-state index in [0.29, 0.717) is 43.9 Å². The van der Waals surface area contributed by atoms with Gasteiger partial charge in [-0.2, -0.15) is 0 Å². The Kier molecular flexibility index (Phi) is 7.20. The number of hydrogen-bond donors (Lipinski definition) is 5. The number of carbonyl (C=O) groups is 2. The van der Waals surface area contributed by atoms with E-state index < -0.39 is 17.4 Å². The molecule has 0 radical (unpaired) electrons. The second-order valence-electron chi connectivity index (χ2n) is 9.32. The van der Waals surface area contributed by atoms with Crippen LogP contribution in [0.2, 0.25) is 0 Å². The first-order chi connectivity index (χ1) is 17.1. The molecule has 1 fully saturated rings. The number of phenols is 2. The lowest BCUT2D eigenvalue weighted by atomic mass is 9.94. The number of nitrogens with zero attached hydrogens (tertiary/aromatic N) is 2. The van der Waals surface area contributed by atoms with E-state index in [1.807, 2.05) is 18.7 Å². The van der Waals surface area contributed by atoms with Crippen LogP contribution >= 0.6 is 0 Å². The van der Waals surface area contributed by atoms with Crippen LogP contribution in [0.4, 0.5) is 0 Å². The Hall–Kier alpha value is -3.61. The molecule has 1 unspecified atom stereocenters. The maximum Gasteiger partial charge on any atom is 0.271 e. The van der Waals surface area contributed by atoms with Crippen LogP contribution in [0.5, 0.6) is 11.5 Å². The summed E-state index contributed by atoms with van der Waals surface area (Å²) in [6.45, 7) is 6.43. The fourth-order valence-corrected chi connectivity index (χ4v) is 4.41. The van der Waals surface area contributed by atoms with Crippen LogP contribution in [0.3, 0.4) is 0 Å². The maximum atomic E-state index is 12.5. The molecule has 0 bridgehead atoms. The van der Waals surface area contributed by atoms with Gasteiger partial charge in [-0.05, 0) is 35.6 Å². The van der Waals surface area contributed by atoms with E-state index in [0.717, 1.165) is 0 Å². The lowest BCUT2D eigenvalue weighted by Crippen LogP contribution is -2.59. The summed E-state index contributed by atoms with van der Waals surface area (Å²) in [6.07, 6.45) is 2.04. The SMILES string of the molecule is CC(C)c1cc(CCc2onc(C(N)=O)c2C2=CC(CN3CCOCC3)(C(N)=O)NO2)c(O)cc1O. The lowest BCUT2D eigenvalue weighted by Gasteiger charge is -2.33. The monoisotopic (exact) mass is 501 g/mol. The number of carbonyl (C=O) groups excluding carboxylic acids is 2. The van der Waals surface area contributed by atoms with Crippen LogP contribution in [-0.4, -0.2) is 70.5 Å². The minimum absolute atomic E-state index is 0.0151. The van der Waals surface area contributed by atoms with E-state index in [4.69, 9.17) is 25.6 Å². The van der Waals surface area contributed by atoms with E-state index in [1.165, 1.54) is 12.1 Å². The Bertz CT molecular complexity index is 1190. The topological polar surface area (TPSA) is 186 Å². The molecule has 1 saturated heterocycles. The molecule has 2 aromatic rings. The normalized spacial score (nSPS) is 20.4. The molecule has 36 heavy (non-hydrogen) atoms. The zero-order valence-corrected chi connectivity index (χ0v) is 20.2. The molecule has 0 spiro atoms. The van der Waals surface area contributed by atoms with Crippen molar-refractivity contribution >= 4 is 17.6 Å². The van der Waals surface area contributed by atoms with E-state index in [9.17, 15) is 19.8 Å². The Morgan fingerprint density at radius 3 is 2.53 bits per heavy atom. The molecular weight excluding hydrogens is 470 g/mol. The van der Waals surface area contributed by atoms with Crippen molar-refractivity contribution in [2.45, 2.75) is 38.1 Å². The molecule has 2 amide bonds. The number of hydrogen-bond acceptors (Lipinski definition) is 10. The average Bonchev–Trinajstić information content (AvgIpc) is 3.44. The van der Waals surface area contributed by atoms with Gasteiger partial charge in [0.15, 0.2) is 17.0 Å². The van der Waals surface area contributed by atoms with Crippen molar-refractivity contribution in [3.8, 4) is 11.5 Å². The lowest BCUT2D eigenvalue weighted by molar-refractivity contribution is -0.126. The van der Waals surface area contributed by atoms with E-state index in [2.05, 4.69) is 10.6 Å². The number of nitrogens with two attached hydrogens (primary N) is 2. The van der Waals surface area contributed by atoms with Gasteiger partial charge in [-0.15, -0.1) is 5.48 Å². The van der Waals surface area contributed by atoms with Gasteiger partial charge >= 0.3 is 0 Å². The molecule has 1 atom stereocenters. The Labute approximate surface area is 207 Å². The number of ether oxygens (including phenoxy) is 1. The number of nitrogens with one attached hydrogen (secondary N) is 1. The molecule has 2 aliphatic heterocycles. The molecule has 2 aliphatic rings. The van der Waals surface area contributed by atoms with Crippen LogP contribution in [-0.2, 0) is 27.2 Å². The number of benzene rings is 1. The molecule has 12 nitrogen and oxygen atoms in total. The van der Waals surface area contributed by atoms with Crippen molar-refractivity contribution in [1.29, 1.82) is 0 Å². The highest BCUT2D eigenvalue weighted by Gasteiger charge is 2.44. The predicted molar refractivity (Wildman–Crippen MR) is 128 cm³/mol. The van der Waals surface area contributed by atoms with Crippen molar-refractivity contribution in [1.82, 2.24) is 15.5 Å². The average molecular weight is 502 g/mol. The summed E-state index contributed by atoms with van der Waals surface area (Å²) in [6, 6.07) is 3.04. The van der Waals surface area contributed by atoms with E-state index in [-0.39, 0.29) is 53.2 Å². The Morgan fingerprint density at radius 1 is 1.17 bits per heavy atom. The summed E-state index contributed by atoms with van der Waals surface area (Å²) >= 11 is 0. The van der Waals surface area contributed by atoms with Crippen LogP contribution in [0.15, 0.2) is 22.7 Å². The highest BCUT2D eigenvalue weighted by Crippen LogP contribution is 2.35. The van der Waals surface area contributed by atoms with Gasteiger partial charge in [0.25, 0.3) is 5.91 Å². The van der Waals surface area contributed by atoms with E-state index >= 15 is 0 Å². The number of aromatic nitrogens is 1. The largest absolute Gasteiger partial charge is 0.508 e.